The van der Waals surface area contributed by atoms with Gasteiger partial charge in [0.1, 0.15) is 5.75 Å². The molecule has 0 saturated carbocycles. The van der Waals surface area contributed by atoms with E-state index in [0.717, 1.165) is 23.3 Å². The third-order valence-corrected chi connectivity index (χ3v) is 2.63. The van der Waals surface area contributed by atoms with E-state index in [1.165, 1.54) is 0 Å². The van der Waals surface area contributed by atoms with Crippen molar-refractivity contribution in [3.63, 3.8) is 0 Å². The van der Waals surface area contributed by atoms with Crippen LogP contribution in [-0.2, 0) is 0 Å². The Morgan fingerprint density at radius 3 is 2.47 bits per heavy atom. The fraction of sp³-hybridized carbons (Fsp3) is 0.538. The molecule has 0 spiro atoms. The number of benzene rings is 1. The minimum atomic E-state index is 0.0846. The van der Waals surface area contributed by atoms with Crippen LogP contribution in [0.1, 0.15) is 44.4 Å². The summed E-state index contributed by atoms with van der Waals surface area (Å²) in [7, 11) is 0. The second kappa shape index (κ2) is 5.17. The summed E-state index contributed by atoms with van der Waals surface area (Å²) in [5, 5.41) is 0. The Morgan fingerprint density at radius 1 is 1.33 bits per heavy atom. The van der Waals surface area contributed by atoms with Crippen molar-refractivity contribution in [3.8, 4) is 5.75 Å². The summed E-state index contributed by atoms with van der Waals surface area (Å²) in [6.07, 6.45) is 1.29. The van der Waals surface area contributed by atoms with Crippen molar-refractivity contribution in [1.29, 1.82) is 0 Å². The average molecular weight is 207 g/mol. The minimum Gasteiger partial charge on any atom is -0.490 e. The van der Waals surface area contributed by atoms with Crippen LogP contribution >= 0.6 is 0 Å². The van der Waals surface area contributed by atoms with Gasteiger partial charge >= 0.3 is 0 Å². The summed E-state index contributed by atoms with van der Waals surface area (Å²) < 4.78 is 5.79. The van der Waals surface area contributed by atoms with Crippen molar-refractivity contribution in [3.05, 3.63) is 29.3 Å². The zero-order valence-electron chi connectivity index (χ0n) is 10.1. The van der Waals surface area contributed by atoms with Gasteiger partial charge in [0.25, 0.3) is 0 Å². The molecule has 1 aromatic rings. The van der Waals surface area contributed by atoms with Gasteiger partial charge < -0.3 is 10.5 Å². The van der Waals surface area contributed by atoms with Gasteiger partial charge in [-0.15, -0.1) is 0 Å². The summed E-state index contributed by atoms with van der Waals surface area (Å²) in [4.78, 5) is 0. The monoisotopic (exact) mass is 207 g/mol. The fourth-order valence-corrected chi connectivity index (χ4v) is 1.39. The van der Waals surface area contributed by atoms with Crippen LogP contribution in [0.25, 0.3) is 0 Å². The third kappa shape index (κ3) is 3.24. The first-order chi connectivity index (χ1) is 7.04. The molecule has 0 aliphatic carbocycles. The predicted octanol–water partition coefficient (Wildman–Crippen LogP) is 3.19. The van der Waals surface area contributed by atoms with Gasteiger partial charge in [-0.1, -0.05) is 19.1 Å². The minimum absolute atomic E-state index is 0.0846. The molecule has 0 aromatic heterocycles. The maximum absolute atomic E-state index is 5.82. The van der Waals surface area contributed by atoms with E-state index in [4.69, 9.17) is 10.5 Å². The zero-order chi connectivity index (χ0) is 11.4. The Bertz CT molecular complexity index is 320. The van der Waals surface area contributed by atoms with E-state index in [2.05, 4.69) is 26.8 Å². The van der Waals surface area contributed by atoms with Gasteiger partial charge in [0.05, 0.1) is 6.10 Å². The molecule has 0 aliphatic rings. The summed E-state index contributed by atoms with van der Waals surface area (Å²) in [5.74, 6) is 0.966. The highest BCUT2D eigenvalue weighted by Crippen LogP contribution is 2.23. The normalized spacial score (nSPS) is 14.7. The molecule has 2 atom stereocenters. The topological polar surface area (TPSA) is 35.2 Å². The molecule has 0 radical (unpaired) electrons. The number of rotatable bonds is 4. The summed E-state index contributed by atoms with van der Waals surface area (Å²) in [5.41, 5.74) is 8.13. The molecular weight excluding hydrogens is 186 g/mol. The Labute approximate surface area is 92.4 Å². The molecule has 0 heterocycles. The van der Waals surface area contributed by atoms with Gasteiger partial charge in [0, 0.05) is 6.04 Å². The number of aryl methyl sites for hydroxylation is 1. The van der Waals surface area contributed by atoms with Crippen LogP contribution in [0.15, 0.2) is 18.2 Å². The maximum Gasteiger partial charge on any atom is 0.122 e. The smallest absolute Gasteiger partial charge is 0.122 e. The van der Waals surface area contributed by atoms with Crippen LogP contribution < -0.4 is 10.5 Å². The molecular formula is C13H21NO. The van der Waals surface area contributed by atoms with Crippen molar-refractivity contribution in [2.24, 2.45) is 5.73 Å². The second-order valence-corrected chi connectivity index (χ2v) is 4.15. The Morgan fingerprint density at radius 2 is 2.00 bits per heavy atom. The second-order valence-electron chi connectivity index (χ2n) is 4.15. The Hall–Kier alpha value is -1.02. The Kier molecular flexibility index (Phi) is 4.15. The number of hydrogen-bond donors (Lipinski definition) is 1. The first-order valence-corrected chi connectivity index (χ1v) is 5.57. The molecule has 1 rings (SSSR count). The lowest BCUT2D eigenvalue weighted by Crippen LogP contribution is -2.11. The molecule has 84 valence electrons. The van der Waals surface area contributed by atoms with Gasteiger partial charge in [-0.05, 0) is 44.4 Å². The highest BCUT2D eigenvalue weighted by atomic mass is 16.5. The summed E-state index contributed by atoms with van der Waals surface area (Å²) >= 11 is 0. The molecule has 0 bridgehead atoms. The SMILES string of the molecule is CCC(C)Oc1ccc([C@H](C)N)cc1C. The van der Waals surface area contributed by atoms with E-state index in [0.29, 0.717) is 0 Å². The van der Waals surface area contributed by atoms with E-state index in [9.17, 15) is 0 Å². The van der Waals surface area contributed by atoms with E-state index in [-0.39, 0.29) is 12.1 Å². The van der Waals surface area contributed by atoms with Gasteiger partial charge in [-0.3, -0.25) is 0 Å². The van der Waals surface area contributed by atoms with E-state index < -0.39 is 0 Å². The molecule has 15 heavy (non-hydrogen) atoms. The van der Waals surface area contributed by atoms with Crippen molar-refractivity contribution < 1.29 is 4.74 Å². The van der Waals surface area contributed by atoms with Gasteiger partial charge in [0.2, 0.25) is 0 Å². The van der Waals surface area contributed by atoms with E-state index in [1.807, 2.05) is 19.1 Å². The van der Waals surface area contributed by atoms with Crippen LogP contribution in [0.3, 0.4) is 0 Å². The summed E-state index contributed by atoms with van der Waals surface area (Å²) in [6, 6.07) is 6.24. The lowest BCUT2D eigenvalue weighted by molar-refractivity contribution is 0.216. The van der Waals surface area contributed by atoms with E-state index >= 15 is 0 Å². The van der Waals surface area contributed by atoms with Gasteiger partial charge in [-0.25, -0.2) is 0 Å². The van der Waals surface area contributed by atoms with Crippen molar-refractivity contribution in [1.82, 2.24) is 0 Å². The molecule has 1 aromatic carbocycles. The molecule has 0 fully saturated rings. The molecule has 0 aliphatic heterocycles. The lowest BCUT2D eigenvalue weighted by atomic mass is 10.1. The van der Waals surface area contributed by atoms with Crippen LogP contribution in [0.2, 0.25) is 0 Å². The quantitative estimate of drug-likeness (QED) is 0.823. The van der Waals surface area contributed by atoms with Gasteiger partial charge in [-0.2, -0.15) is 0 Å². The number of hydrogen-bond acceptors (Lipinski definition) is 2. The highest BCUT2D eigenvalue weighted by Gasteiger charge is 2.06. The number of ether oxygens (including phenoxy) is 1. The average Bonchev–Trinajstić information content (AvgIpc) is 2.20. The maximum atomic E-state index is 5.82. The lowest BCUT2D eigenvalue weighted by Gasteiger charge is -2.16. The largest absolute Gasteiger partial charge is 0.490 e. The molecule has 0 saturated heterocycles. The molecule has 0 amide bonds. The highest BCUT2D eigenvalue weighted by molar-refractivity contribution is 5.37. The first-order valence-electron chi connectivity index (χ1n) is 5.57. The van der Waals surface area contributed by atoms with E-state index in [1.54, 1.807) is 0 Å². The number of nitrogens with two attached hydrogens (primary N) is 1. The molecule has 2 nitrogen and oxygen atoms in total. The van der Waals surface area contributed by atoms with Gasteiger partial charge in [0.15, 0.2) is 0 Å². The molecule has 2 N–H and O–H groups in total. The zero-order valence-corrected chi connectivity index (χ0v) is 10.1. The van der Waals surface area contributed by atoms with Crippen LogP contribution in [0.5, 0.6) is 5.75 Å². The van der Waals surface area contributed by atoms with Crippen molar-refractivity contribution in [2.75, 3.05) is 0 Å². The predicted molar refractivity (Wildman–Crippen MR) is 64.2 cm³/mol. The van der Waals surface area contributed by atoms with Crippen molar-refractivity contribution in [2.45, 2.75) is 46.3 Å². The van der Waals surface area contributed by atoms with Crippen LogP contribution in [0, 0.1) is 6.92 Å². The van der Waals surface area contributed by atoms with Crippen LogP contribution in [-0.4, -0.2) is 6.10 Å². The first kappa shape index (κ1) is 12.1. The standard InChI is InChI=1S/C13H21NO/c1-5-10(3)15-13-7-6-12(11(4)14)8-9(13)2/h6-8,10-11H,5,14H2,1-4H3/t10?,11-/m0/s1. The third-order valence-electron chi connectivity index (χ3n) is 2.63. The summed E-state index contributed by atoms with van der Waals surface area (Å²) in [6.45, 7) is 8.25. The molecule has 1 unspecified atom stereocenters. The van der Waals surface area contributed by atoms with Crippen molar-refractivity contribution >= 4 is 0 Å². The fourth-order valence-electron chi connectivity index (χ4n) is 1.39. The van der Waals surface area contributed by atoms with Crippen LogP contribution in [0.4, 0.5) is 0 Å². The Balaban J connectivity index is 2.83. The molecule has 2 heteroatoms.